The molecular formula is C14H21N3O2S. The van der Waals surface area contributed by atoms with Crippen LogP contribution >= 0.6 is 0 Å². The van der Waals surface area contributed by atoms with Crippen LogP contribution in [0.5, 0.6) is 0 Å². The highest BCUT2D eigenvalue weighted by molar-refractivity contribution is 7.89. The third-order valence-corrected chi connectivity index (χ3v) is 5.81. The van der Waals surface area contributed by atoms with Gasteiger partial charge in [-0.2, -0.15) is 4.31 Å². The molecule has 0 amide bonds. The van der Waals surface area contributed by atoms with E-state index in [1.54, 1.807) is 22.6 Å². The zero-order valence-electron chi connectivity index (χ0n) is 11.5. The Labute approximate surface area is 120 Å². The maximum absolute atomic E-state index is 12.8. The van der Waals surface area contributed by atoms with Gasteiger partial charge in [0.1, 0.15) is 4.90 Å². The monoisotopic (exact) mass is 295 g/mol. The highest BCUT2D eigenvalue weighted by Gasteiger charge is 2.38. The number of rotatable bonds is 7. The van der Waals surface area contributed by atoms with E-state index in [4.69, 9.17) is 5.73 Å². The van der Waals surface area contributed by atoms with Crippen molar-refractivity contribution < 1.29 is 8.42 Å². The van der Waals surface area contributed by atoms with E-state index in [1.807, 2.05) is 4.57 Å². The van der Waals surface area contributed by atoms with E-state index in [-0.39, 0.29) is 6.04 Å². The molecule has 0 atom stereocenters. The molecule has 1 heterocycles. The van der Waals surface area contributed by atoms with Gasteiger partial charge in [0, 0.05) is 37.1 Å². The minimum Gasteiger partial charge on any atom is -0.346 e. The molecule has 1 aromatic heterocycles. The van der Waals surface area contributed by atoms with Gasteiger partial charge in [0.15, 0.2) is 0 Å². The minimum atomic E-state index is -3.43. The number of nitrogens with zero attached hydrogens (tertiary/aromatic N) is 2. The van der Waals surface area contributed by atoms with Gasteiger partial charge in [-0.25, -0.2) is 8.42 Å². The molecule has 2 saturated carbocycles. The van der Waals surface area contributed by atoms with Gasteiger partial charge in [-0.3, -0.25) is 0 Å². The predicted octanol–water partition coefficient (Wildman–Crippen LogP) is 1.62. The fourth-order valence-corrected chi connectivity index (χ4v) is 4.27. The summed E-state index contributed by atoms with van der Waals surface area (Å²) >= 11 is 0. The Balaban J connectivity index is 1.95. The molecule has 2 aliphatic carbocycles. The first-order valence-corrected chi connectivity index (χ1v) is 8.55. The lowest BCUT2D eigenvalue weighted by molar-refractivity contribution is 0.436. The molecule has 3 rings (SSSR count). The Morgan fingerprint density at radius 2 is 2.10 bits per heavy atom. The fraction of sp³-hybridized carbons (Fsp3) is 0.571. The summed E-state index contributed by atoms with van der Waals surface area (Å²) in [6, 6.07) is 2.31. The topological polar surface area (TPSA) is 68.3 Å². The molecule has 110 valence electrons. The van der Waals surface area contributed by atoms with Gasteiger partial charge in [0.25, 0.3) is 0 Å². The standard InChI is InChI=1S/C14H21N3O2S/c1-2-7-17(12-5-6-12)20(18,19)14-8-13(9-15)16(10-14)11-3-4-11/h2,8,10-12H,1,3-7,9,15H2. The van der Waals surface area contributed by atoms with Gasteiger partial charge in [-0.05, 0) is 31.7 Å². The molecule has 20 heavy (non-hydrogen) atoms. The molecule has 6 heteroatoms. The van der Waals surface area contributed by atoms with Gasteiger partial charge in [-0.15, -0.1) is 6.58 Å². The van der Waals surface area contributed by atoms with E-state index in [1.165, 1.54) is 0 Å². The molecule has 2 aliphatic rings. The average molecular weight is 295 g/mol. The zero-order chi connectivity index (χ0) is 14.3. The summed E-state index contributed by atoms with van der Waals surface area (Å²) in [5, 5.41) is 0. The van der Waals surface area contributed by atoms with Crippen molar-refractivity contribution in [3.8, 4) is 0 Å². The lowest BCUT2D eigenvalue weighted by atomic mass is 10.4. The van der Waals surface area contributed by atoms with Crippen molar-refractivity contribution in [3.05, 3.63) is 30.6 Å². The normalized spacial score (nSPS) is 19.5. The quantitative estimate of drug-likeness (QED) is 0.777. The van der Waals surface area contributed by atoms with Crippen LogP contribution < -0.4 is 5.73 Å². The van der Waals surface area contributed by atoms with Crippen LogP contribution in [-0.4, -0.2) is 29.9 Å². The van der Waals surface area contributed by atoms with Crippen LogP contribution in [0.15, 0.2) is 29.8 Å². The summed E-state index contributed by atoms with van der Waals surface area (Å²) < 4.78 is 29.1. The predicted molar refractivity (Wildman–Crippen MR) is 77.7 cm³/mol. The van der Waals surface area contributed by atoms with Crippen molar-refractivity contribution in [3.63, 3.8) is 0 Å². The molecule has 2 fully saturated rings. The van der Waals surface area contributed by atoms with Crippen LogP contribution in [0.1, 0.15) is 37.4 Å². The molecule has 0 spiro atoms. The molecule has 0 aliphatic heterocycles. The SMILES string of the molecule is C=CCN(C1CC1)S(=O)(=O)c1cc(CN)n(C2CC2)c1. The summed E-state index contributed by atoms with van der Waals surface area (Å²) in [5.41, 5.74) is 6.64. The van der Waals surface area contributed by atoms with Crippen LogP contribution in [0.2, 0.25) is 0 Å². The largest absolute Gasteiger partial charge is 0.346 e. The third kappa shape index (κ3) is 2.43. The Morgan fingerprint density at radius 3 is 2.60 bits per heavy atom. The van der Waals surface area contributed by atoms with Crippen LogP contribution in [-0.2, 0) is 16.6 Å². The Bertz CT molecular complexity index is 612. The summed E-state index contributed by atoms with van der Waals surface area (Å²) in [6.45, 7) is 4.41. The molecule has 5 nitrogen and oxygen atoms in total. The van der Waals surface area contributed by atoms with Gasteiger partial charge in [0.05, 0.1) is 0 Å². The van der Waals surface area contributed by atoms with E-state index < -0.39 is 10.0 Å². The van der Waals surface area contributed by atoms with E-state index in [0.29, 0.717) is 24.0 Å². The number of hydrogen-bond donors (Lipinski definition) is 1. The molecular weight excluding hydrogens is 274 g/mol. The zero-order valence-corrected chi connectivity index (χ0v) is 12.3. The van der Waals surface area contributed by atoms with E-state index in [2.05, 4.69) is 6.58 Å². The van der Waals surface area contributed by atoms with E-state index >= 15 is 0 Å². The number of aromatic nitrogens is 1. The number of hydrogen-bond acceptors (Lipinski definition) is 3. The third-order valence-electron chi connectivity index (χ3n) is 3.93. The summed E-state index contributed by atoms with van der Waals surface area (Å²) in [6.07, 6.45) is 7.52. The van der Waals surface area contributed by atoms with Crippen LogP contribution in [0, 0.1) is 0 Å². The molecule has 2 N–H and O–H groups in total. The van der Waals surface area contributed by atoms with Crippen molar-refractivity contribution in [2.75, 3.05) is 6.54 Å². The van der Waals surface area contributed by atoms with Crippen molar-refractivity contribution in [1.29, 1.82) is 0 Å². The van der Waals surface area contributed by atoms with Crippen LogP contribution in [0.4, 0.5) is 0 Å². The molecule has 0 bridgehead atoms. The molecule has 0 saturated heterocycles. The van der Waals surface area contributed by atoms with Crippen LogP contribution in [0.3, 0.4) is 0 Å². The maximum atomic E-state index is 12.8. The molecule has 0 unspecified atom stereocenters. The van der Waals surface area contributed by atoms with Crippen molar-refractivity contribution in [2.45, 2.75) is 49.2 Å². The number of sulfonamides is 1. The second-order valence-electron chi connectivity index (χ2n) is 5.60. The lowest BCUT2D eigenvalue weighted by Crippen LogP contribution is -2.33. The molecule has 1 aromatic rings. The van der Waals surface area contributed by atoms with E-state index in [9.17, 15) is 8.42 Å². The highest BCUT2D eigenvalue weighted by Crippen LogP contribution is 2.38. The van der Waals surface area contributed by atoms with Gasteiger partial charge in [0.2, 0.25) is 10.0 Å². The first-order chi connectivity index (χ1) is 9.57. The Morgan fingerprint density at radius 1 is 1.40 bits per heavy atom. The highest BCUT2D eigenvalue weighted by atomic mass is 32.2. The van der Waals surface area contributed by atoms with Gasteiger partial charge < -0.3 is 10.3 Å². The van der Waals surface area contributed by atoms with Crippen LogP contribution in [0.25, 0.3) is 0 Å². The average Bonchev–Trinajstić information content (AvgIpc) is 3.33. The van der Waals surface area contributed by atoms with Crippen molar-refractivity contribution >= 4 is 10.0 Å². The first kappa shape index (κ1) is 13.9. The summed E-state index contributed by atoms with van der Waals surface area (Å²) in [7, 11) is -3.43. The molecule has 0 aromatic carbocycles. The maximum Gasteiger partial charge on any atom is 0.245 e. The summed E-state index contributed by atoms with van der Waals surface area (Å²) in [4.78, 5) is 0.374. The second kappa shape index (κ2) is 5.02. The fourth-order valence-electron chi connectivity index (χ4n) is 2.56. The second-order valence-corrected chi connectivity index (χ2v) is 7.49. The lowest BCUT2D eigenvalue weighted by Gasteiger charge is -2.19. The molecule has 0 radical (unpaired) electrons. The van der Waals surface area contributed by atoms with Gasteiger partial charge >= 0.3 is 0 Å². The van der Waals surface area contributed by atoms with Gasteiger partial charge in [-0.1, -0.05) is 6.08 Å². The smallest absolute Gasteiger partial charge is 0.245 e. The summed E-state index contributed by atoms with van der Waals surface area (Å²) in [5.74, 6) is 0. The first-order valence-electron chi connectivity index (χ1n) is 7.11. The van der Waals surface area contributed by atoms with E-state index in [0.717, 1.165) is 31.4 Å². The van der Waals surface area contributed by atoms with Crippen molar-refractivity contribution in [1.82, 2.24) is 8.87 Å². The van der Waals surface area contributed by atoms with Crippen molar-refractivity contribution in [2.24, 2.45) is 5.73 Å². The Kier molecular flexibility index (Phi) is 3.48. The Hall–Kier alpha value is -1.11. The number of nitrogens with two attached hydrogens (primary N) is 1. The minimum absolute atomic E-state index is 0.142.